The Morgan fingerprint density at radius 1 is 1.07 bits per heavy atom. The lowest BCUT2D eigenvalue weighted by Gasteiger charge is -2.27. The number of nitrogens with zero attached hydrogens (tertiary/aromatic N) is 2. The van der Waals surface area contributed by atoms with E-state index < -0.39 is 5.41 Å². The topological polar surface area (TPSA) is 36.7 Å². The van der Waals surface area contributed by atoms with Gasteiger partial charge in [-0.25, -0.2) is 4.85 Å². The van der Waals surface area contributed by atoms with Crippen molar-refractivity contribution < 1.29 is 4.79 Å². The fourth-order valence-electron chi connectivity index (χ4n) is 4.07. The molecule has 27 heavy (non-hydrogen) atoms. The molecule has 2 aliphatic rings. The van der Waals surface area contributed by atoms with Crippen molar-refractivity contribution in [1.29, 1.82) is 0 Å². The van der Waals surface area contributed by atoms with E-state index in [4.69, 9.17) is 6.57 Å². The highest BCUT2D eigenvalue weighted by Crippen LogP contribution is 2.49. The fraction of sp³-hybridized carbons (Fsp3) is 0.391. The molecule has 2 fully saturated rings. The number of nitrogens with one attached hydrogen (secondary N) is 1. The standard InChI is InChI=1S/C23H25N3O/c1-24-20-11-9-19(10-12-20)23(13-14-23)22(27)25-21(17-26-15-5-6-16-26)18-7-3-2-4-8-18/h2-4,7-12,21H,5-6,13-17H2,(H,25,27)/t21-/m1/s1. The molecule has 0 radical (unpaired) electrons. The van der Waals surface area contributed by atoms with Crippen LogP contribution in [-0.2, 0) is 10.2 Å². The smallest absolute Gasteiger partial charge is 0.231 e. The largest absolute Gasteiger partial charge is 0.347 e. The number of carbonyl (C=O) groups is 1. The summed E-state index contributed by atoms with van der Waals surface area (Å²) in [7, 11) is 0. The first-order valence-corrected chi connectivity index (χ1v) is 9.77. The van der Waals surface area contributed by atoms with Gasteiger partial charge in [-0.3, -0.25) is 4.79 Å². The Morgan fingerprint density at radius 3 is 2.33 bits per heavy atom. The summed E-state index contributed by atoms with van der Waals surface area (Å²) in [6.07, 6.45) is 4.24. The minimum Gasteiger partial charge on any atom is -0.347 e. The van der Waals surface area contributed by atoms with Crippen molar-refractivity contribution in [3.05, 3.63) is 77.1 Å². The monoisotopic (exact) mass is 359 g/mol. The van der Waals surface area contributed by atoms with Crippen LogP contribution in [0.3, 0.4) is 0 Å². The highest BCUT2D eigenvalue weighted by Gasteiger charge is 2.51. The van der Waals surface area contributed by atoms with Gasteiger partial charge in [-0.2, -0.15) is 0 Å². The summed E-state index contributed by atoms with van der Waals surface area (Å²) in [6.45, 7) is 10.2. The summed E-state index contributed by atoms with van der Waals surface area (Å²) >= 11 is 0. The molecule has 0 spiro atoms. The van der Waals surface area contributed by atoms with Gasteiger partial charge in [-0.05, 0) is 49.9 Å². The summed E-state index contributed by atoms with van der Waals surface area (Å²) in [5, 5.41) is 3.35. The number of likely N-dealkylation sites (tertiary alicyclic amines) is 1. The quantitative estimate of drug-likeness (QED) is 0.784. The lowest BCUT2D eigenvalue weighted by Crippen LogP contribution is -2.41. The molecule has 2 aromatic carbocycles. The lowest BCUT2D eigenvalue weighted by atomic mass is 9.93. The molecule has 1 aliphatic heterocycles. The van der Waals surface area contributed by atoms with Crippen molar-refractivity contribution in [3.8, 4) is 0 Å². The Hall–Kier alpha value is -2.64. The van der Waals surface area contributed by atoms with E-state index in [1.165, 1.54) is 12.8 Å². The molecule has 1 saturated carbocycles. The Bertz CT molecular complexity index is 828. The van der Waals surface area contributed by atoms with Gasteiger partial charge in [-0.1, -0.05) is 54.6 Å². The molecule has 0 unspecified atom stereocenters. The van der Waals surface area contributed by atoms with E-state index in [-0.39, 0.29) is 11.9 Å². The molecular formula is C23H25N3O. The van der Waals surface area contributed by atoms with Crippen LogP contribution in [-0.4, -0.2) is 30.4 Å². The highest BCUT2D eigenvalue weighted by molar-refractivity contribution is 5.91. The Kier molecular flexibility index (Phi) is 4.96. The van der Waals surface area contributed by atoms with Crippen LogP contribution in [0.25, 0.3) is 4.85 Å². The van der Waals surface area contributed by atoms with E-state index in [9.17, 15) is 4.79 Å². The van der Waals surface area contributed by atoms with Crippen LogP contribution in [0.2, 0.25) is 0 Å². The van der Waals surface area contributed by atoms with Crippen LogP contribution in [0.4, 0.5) is 5.69 Å². The van der Waals surface area contributed by atoms with Crippen molar-refractivity contribution in [1.82, 2.24) is 10.2 Å². The van der Waals surface area contributed by atoms with Crippen LogP contribution >= 0.6 is 0 Å². The molecule has 0 bridgehead atoms. The van der Waals surface area contributed by atoms with Gasteiger partial charge in [0.1, 0.15) is 0 Å². The molecule has 138 valence electrons. The first-order valence-electron chi connectivity index (χ1n) is 9.77. The van der Waals surface area contributed by atoms with Crippen LogP contribution in [0.5, 0.6) is 0 Å². The van der Waals surface area contributed by atoms with Crippen LogP contribution in [0, 0.1) is 6.57 Å². The minimum atomic E-state index is -0.418. The van der Waals surface area contributed by atoms with Gasteiger partial charge in [0.15, 0.2) is 5.69 Å². The Labute approximate surface area is 161 Å². The normalized spacial score (nSPS) is 19.2. The van der Waals surface area contributed by atoms with Crippen LogP contribution in [0.1, 0.15) is 42.9 Å². The van der Waals surface area contributed by atoms with Gasteiger partial charge in [0, 0.05) is 6.54 Å². The van der Waals surface area contributed by atoms with Gasteiger partial charge in [0.2, 0.25) is 5.91 Å². The zero-order valence-electron chi connectivity index (χ0n) is 15.5. The zero-order chi connectivity index (χ0) is 18.7. The van der Waals surface area contributed by atoms with E-state index in [0.29, 0.717) is 5.69 Å². The zero-order valence-corrected chi connectivity index (χ0v) is 15.5. The molecule has 1 heterocycles. The third-order valence-corrected chi connectivity index (χ3v) is 5.88. The third kappa shape index (κ3) is 3.74. The van der Waals surface area contributed by atoms with Crippen molar-refractivity contribution in [2.24, 2.45) is 0 Å². The summed E-state index contributed by atoms with van der Waals surface area (Å²) in [5.74, 6) is 0.117. The second kappa shape index (κ2) is 7.54. The Balaban J connectivity index is 1.53. The van der Waals surface area contributed by atoms with E-state index in [1.807, 2.05) is 42.5 Å². The van der Waals surface area contributed by atoms with Gasteiger partial charge in [0.25, 0.3) is 0 Å². The summed E-state index contributed by atoms with van der Waals surface area (Å²) < 4.78 is 0. The molecule has 0 aromatic heterocycles. The maximum Gasteiger partial charge on any atom is 0.231 e. The molecule has 1 amide bonds. The number of amides is 1. The van der Waals surface area contributed by atoms with E-state index in [2.05, 4.69) is 27.2 Å². The summed E-state index contributed by atoms with van der Waals surface area (Å²) in [6, 6.07) is 17.8. The summed E-state index contributed by atoms with van der Waals surface area (Å²) in [4.78, 5) is 19.1. The third-order valence-electron chi connectivity index (χ3n) is 5.88. The average molecular weight is 359 g/mol. The second-order valence-corrected chi connectivity index (χ2v) is 7.69. The van der Waals surface area contributed by atoms with Crippen molar-refractivity contribution >= 4 is 11.6 Å². The van der Waals surface area contributed by atoms with Crippen molar-refractivity contribution in [3.63, 3.8) is 0 Å². The predicted molar refractivity (Wildman–Crippen MR) is 107 cm³/mol. The fourth-order valence-corrected chi connectivity index (χ4v) is 4.07. The molecule has 1 saturated heterocycles. The van der Waals surface area contributed by atoms with E-state index in [1.54, 1.807) is 0 Å². The van der Waals surface area contributed by atoms with E-state index in [0.717, 1.165) is 43.6 Å². The molecule has 4 rings (SSSR count). The van der Waals surface area contributed by atoms with Crippen LogP contribution in [0.15, 0.2) is 54.6 Å². The molecule has 2 aromatic rings. The number of carbonyl (C=O) groups excluding carboxylic acids is 1. The number of hydrogen-bond acceptors (Lipinski definition) is 2. The van der Waals surface area contributed by atoms with Gasteiger partial charge in [0.05, 0.1) is 18.0 Å². The molecule has 4 heteroatoms. The number of hydrogen-bond donors (Lipinski definition) is 1. The Morgan fingerprint density at radius 2 is 1.74 bits per heavy atom. The molecule has 1 aliphatic carbocycles. The first-order chi connectivity index (χ1) is 13.2. The summed E-state index contributed by atoms with van der Waals surface area (Å²) in [5.41, 5.74) is 2.39. The average Bonchev–Trinajstić information content (AvgIpc) is 3.38. The SMILES string of the molecule is [C-]#[N+]c1ccc(C2(C(=O)N[C@H](CN3CCCC3)c3ccccc3)CC2)cc1. The number of rotatable bonds is 6. The van der Waals surface area contributed by atoms with Gasteiger partial charge < -0.3 is 10.2 Å². The minimum absolute atomic E-state index is 0.0109. The predicted octanol–water partition coefficient (Wildman–Crippen LogP) is 4.22. The first kappa shape index (κ1) is 17.8. The maximum absolute atomic E-state index is 13.2. The highest BCUT2D eigenvalue weighted by atomic mass is 16.2. The molecule has 1 atom stereocenters. The molecule has 4 nitrogen and oxygen atoms in total. The van der Waals surface area contributed by atoms with Crippen molar-refractivity contribution in [2.45, 2.75) is 37.1 Å². The second-order valence-electron chi connectivity index (χ2n) is 7.69. The number of benzene rings is 2. The molecule has 1 N–H and O–H groups in total. The van der Waals surface area contributed by atoms with Gasteiger partial charge in [-0.15, -0.1) is 0 Å². The lowest BCUT2D eigenvalue weighted by molar-refractivity contribution is -0.124. The van der Waals surface area contributed by atoms with Crippen molar-refractivity contribution in [2.75, 3.05) is 19.6 Å². The van der Waals surface area contributed by atoms with E-state index >= 15 is 0 Å². The molecular weight excluding hydrogens is 334 g/mol. The van der Waals surface area contributed by atoms with Crippen LogP contribution < -0.4 is 5.32 Å². The van der Waals surface area contributed by atoms with Gasteiger partial charge >= 0.3 is 0 Å². The maximum atomic E-state index is 13.2.